The highest BCUT2D eigenvalue weighted by Gasteiger charge is 2.15. The summed E-state index contributed by atoms with van der Waals surface area (Å²) in [6, 6.07) is 13.4. The van der Waals surface area contributed by atoms with Crippen molar-refractivity contribution in [3.63, 3.8) is 0 Å². The summed E-state index contributed by atoms with van der Waals surface area (Å²) < 4.78 is 0. The fraction of sp³-hybridized carbons (Fsp3) is 0.222. The van der Waals surface area contributed by atoms with Gasteiger partial charge < -0.3 is 17.3 Å². The Bertz CT molecular complexity index is 848. The highest BCUT2D eigenvalue weighted by molar-refractivity contribution is 6.36. The molecule has 2 aromatic carbocycles. The van der Waals surface area contributed by atoms with E-state index >= 15 is 0 Å². The zero-order valence-corrected chi connectivity index (χ0v) is 15.7. The molecule has 0 unspecified atom stereocenters. The molecule has 126 valence electrons. The van der Waals surface area contributed by atoms with Gasteiger partial charge in [-0.05, 0) is 44.2 Å². The number of para-hydroxylation sites is 1. The predicted octanol–water partition coefficient (Wildman–Crippen LogP) is 2.45. The van der Waals surface area contributed by atoms with Crippen LogP contribution in [0.3, 0.4) is 0 Å². The molecule has 0 aliphatic rings. The van der Waals surface area contributed by atoms with Crippen molar-refractivity contribution < 1.29 is 12.4 Å². The predicted molar refractivity (Wildman–Crippen MR) is 98.6 cm³/mol. The molecule has 1 aromatic heterocycles. The second kappa shape index (κ2) is 8.02. The molecule has 1 heterocycles. The van der Waals surface area contributed by atoms with Crippen LogP contribution in [0.15, 0.2) is 42.5 Å². The first-order valence-corrected chi connectivity index (χ1v) is 8.36. The molecule has 0 saturated heterocycles. The highest BCUT2D eigenvalue weighted by atomic mass is 35.5. The van der Waals surface area contributed by atoms with Crippen LogP contribution >= 0.6 is 23.2 Å². The molecule has 0 spiro atoms. The van der Waals surface area contributed by atoms with Crippen molar-refractivity contribution >= 4 is 39.9 Å². The van der Waals surface area contributed by atoms with E-state index in [-0.39, 0.29) is 12.4 Å². The summed E-state index contributed by atoms with van der Waals surface area (Å²) in [7, 11) is 0. The lowest BCUT2D eigenvalue weighted by Crippen LogP contribution is -3.00. The number of hydrogen-bond acceptors (Lipinski definition) is 3. The van der Waals surface area contributed by atoms with Crippen molar-refractivity contribution in [2.24, 2.45) is 0 Å². The topological polar surface area (TPSA) is 29.0 Å². The van der Waals surface area contributed by atoms with Gasteiger partial charge >= 0.3 is 0 Å². The molecule has 0 amide bonds. The Balaban J connectivity index is 0.00000208. The summed E-state index contributed by atoms with van der Waals surface area (Å²) in [5.41, 5.74) is 1.70. The van der Waals surface area contributed by atoms with E-state index in [0.717, 1.165) is 35.4 Å². The third kappa shape index (κ3) is 3.59. The number of hydrogen-bond donors (Lipinski definition) is 0. The van der Waals surface area contributed by atoms with Crippen LogP contribution in [0.1, 0.15) is 13.8 Å². The quantitative estimate of drug-likeness (QED) is 0.695. The van der Waals surface area contributed by atoms with Crippen molar-refractivity contribution in [2.75, 3.05) is 18.0 Å². The third-order valence-electron chi connectivity index (χ3n) is 3.82. The molecule has 0 aliphatic carbocycles. The largest absolute Gasteiger partial charge is 1.00 e. The van der Waals surface area contributed by atoms with Crippen LogP contribution in [0.5, 0.6) is 0 Å². The van der Waals surface area contributed by atoms with Crippen molar-refractivity contribution in [1.82, 2.24) is 9.97 Å². The lowest BCUT2D eigenvalue weighted by Gasteiger charge is -2.22. The summed E-state index contributed by atoms with van der Waals surface area (Å²) in [5, 5.41) is 2.20. The number of benzene rings is 2. The van der Waals surface area contributed by atoms with E-state index in [1.807, 2.05) is 24.3 Å². The molecule has 0 N–H and O–H groups in total. The SMILES string of the molecule is CCN(CC)c1nc(-c2ccc(Cl)cc2Cl)nc2ccccc12.[Cl-]. The van der Waals surface area contributed by atoms with Crippen molar-refractivity contribution in [3.05, 3.63) is 52.5 Å². The molecule has 6 heteroatoms. The van der Waals surface area contributed by atoms with Crippen molar-refractivity contribution in [3.8, 4) is 11.4 Å². The summed E-state index contributed by atoms with van der Waals surface area (Å²) >= 11 is 12.3. The lowest BCUT2D eigenvalue weighted by molar-refractivity contribution is -0.00000460. The van der Waals surface area contributed by atoms with E-state index < -0.39 is 0 Å². The minimum absolute atomic E-state index is 0. The molecule has 0 atom stereocenters. The Morgan fingerprint density at radius 3 is 2.33 bits per heavy atom. The molecule has 0 fully saturated rings. The van der Waals surface area contributed by atoms with Gasteiger partial charge in [0, 0.05) is 29.1 Å². The monoisotopic (exact) mass is 380 g/mol. The van der Waals surface area contributed by atoms with Crippen molar-refractivity contribution in [1.29, 1.82) is 0 Å². The van der Waals surface area contributed by atoms with Gasteiger partial charge in [0.15, 0.2) is 5.82 Å². The third-order valence-corrected chi connectivity index (χ3v) is 4.37. The van der Waals surface area contributed by atoms with Crippen LogP contribution < -0.4 is 17.3 Å². The second-order valence-corrected chi connectivity index (χ2v) is 6.03. The highest BCUT2D eigenvalue weighted by Crippen LogP contribution is 2.32. The lowest BCUT2D eigenvalue weighted by atomic mass is 10.1. The molecule has 3 rings (SSSR count). The Kier molecular flexibility index (Phi) is 6.27. The number of rotatable bonds is 4. The molecule has 0 saturated carbocycles. The molecular formula is C18H17Cl3N3-. The Labute approximate surface area is 158 Å². The van der Waals surface area contributed by atoms with E-state index in [4.69, 9.17) is 28.2 Å². The molecular weight excluding hydrogens is 365 g/mol. The normalized spacial score (nSPS) is 10.5. The zero-order valence-electron chi connectivity index (χ0n) is 13.4. The van der Waals surface area contributed by atoms with E-state index in [0.29, 0.717) is 15.9 Å². The number of anilines is 1. The second-order valence-electron chi connectivity index (χ2n) is 5.18. The van der Waals surface area contributed by atoms with Gasteiger partial charge in [-0.15, -0.1) is 0 Å². The average Bonchev–Trinajstić information content (AvgIpc) is 2.55. The van der Waals surface area contributed by atoms with Gasteiger partial charge in [0.2, 0.25) is 0 Å². The molecule has 0 radical (unpaired) electrons. The first kappa shape index (κ1) is 18.8. The maximum absolute atomic E-state index is 6.34. The molecule has 24 heavy (non-hydrogen) atoms. The van der Waals surface area contributed by atoms with Crippen LogP contribution in [0, 0.1) is 0 Å². The van der Waals surface area contributed by atoms with Crippen LogP contribution in [0.25, 0.3) is 22.3 Å². The van der Waals surface area contributed by atoms with Gasteiger partial charge in [-0.25, -0.2) is 9.97 Å². The van der Waals surface area contributed by atoms with Crippen LogP contribution in [-0.2, 0) is 0 Å². The summed E-state index contributed by atoms with van der Waals surface area (Å²) in [6.45, 7) is 6.00. The van der Waals surface area contributed by atoms with E-state index in [1.54, 1.807) is 12.1 Å². The summed E-state index contributed by atoms with van der Waals surface area (Å²) in [6.07, 6.45) is 0. The maximum atomic E-state index is 6.34. The number of halogens is 3. The Morgan fingerprint density at radius 2 is 1.67 bits per heavy atom. The molecule has 0 aliphatic heterocycles. The molecule has 0 bridgehead atoms. The Hall–Kier alpha value is -1.55. The number of fused-ring (bicyclic) bond motifs is 1. The number of aromatic nitrogens is 2. The van der Waals surface area contributed by atoms with E-state index in [1.165, 1.54) is 0 Å². The first-order valence-electron chi connectivity index (χ1n) is 7.61. The molecule has 3 nitrogen and oxygen atoms in total. The smallest absolute Gasteiger partial charge is 0.163 e. The summed E-state index contributed by atoms with van der Waals surface area (Å²) in [4.78, 5) is 11.7. The van der Waals surface area contributed by atoms with Gasteiger partial charge in [0.25, 0.3) is 0 Å². The molecule has 3 aromatic rings. The van der Waals surface area contributed by atoms with Gasteiger partial charge in [-0.2, -0.15) is 0 Å². The average molecular weight is 382 g/mol. The van der Waals surface area contributed by atoms with Gasteiger partial charge in [-0.3, -0.25) is 0 Å². The number of nitrogens with zero attached hydrogens (tertiary/aromatic N) is 3. The van der Waals surface area contributed by atoms with Crippen LogP contribution in [-0.4, -0.2) is 23.1 Å². The van der Waals surface area contributed by atoms with E-state index in [9.17, 15) is 0 Å². The van der Waals surface area contributed by atoms with Gasteiger partial charge in [-0.1, -0.05) is 35.3 Å². The minimum atomic E-state index is 0. The fourth-order valence-corrected chi connectivity index (χ4v) is 3.11. The van der Waals surface area contributed by atoms with Crippen LogP contribution in [0.4, 0.5) is 5.82 Å². The first-order chi connectivity index (χ1) is 11.1. The van der Waals surface area contributed by atoms with Crippen molar-refractivity contribution in [2.45, 2.75) is 13.8 Å². The standard InChI is InChI=1S/C18H17Cl2N3.ClH/c1-3-23(4-2)18-14-7-5-6-8-16(14)21-17(22-18)13-10-9-12(19)11-15(13)20;/h5-11H,3-4H2,1-2H3;1H/p-1. The van der Waals surface area contributed by atoms with Gasteiger partial charge in [0.05, 0.1) is 10.5 Å². The summed E-state index contributed by atoms with van der Waals surface area (Å²) in [5.74, 6) is 1.55. The zero-order chi connectivity index (χ0) is 16.4. The van der Waals surface area contributed by atoms with E-state index in [2.05, 4.69) is 29.8 Å². The van der Waals surface area contributed by atoms with Crippen LogP contribution in [0.2, 0.25) is 10.0 Å². The Morgan fingerprint density at radius 1 is 0.958 bits per heavy atom. The minimum Gasteiger partial charge on any atom is -1.00 e. The fourth-order valence-electron chi connectivity index (χ4n) is 2.62. The maximum Gasteiger partial charge on any atom is 0.163 e. The van der Waals surface area contributed by atoms with Gasteiger partial charge in [0.1, 0.15) is 5.82 Å².